The summed E-state index contributed by atoms with van der Waals surface area (Å²) in [5.74, 6) is -0.324. The van der Waals surface area contributed by atoms with Gasteiger partial charge in [-0.3, -0.25) is 13.9 Å². The number of para-hydroxylation sites is 1. The minimum atomic E-state index is -4.29. The molecule has 4 aromatic rings. The van der Waals surface area contributed by atoms with Crippen molar-refractivity contribution in [3.63, 3.8) is 0 Å². The number of amides is 2. The van der Waals surface area contributed by atoms with E-state index in [0.29, 0.717) is 11.4 Å². The molecular formula is C33H34BrN3O6S. The number of hydrogen-bond acceptors (Lipinski definition) is 6. The molecule has 0 saturated heterocycles. The number of methoxy groups -OCH3 is 2. The van der Waals surface area contributed by atoms with Crippen LogP contribution in [0, 0.1) is 0 Å². The summed E-state index contributed by atoms with van der Waals surface area (Å²) < 4.78 is 40.9. The molecule has 0 bridgehead atoms. The number of rotatable bonds is 13. The number of carbonyl (C=O) groups excluding carboxylic acids is 2. The van der Waals surface area contributed by atoms with Crippen LogP contribution >= 0.6 is 15.9 Å². The van der Waals surface area contributed by atoms with Crippen molar-refractivity contribution in [2.45, 2.75) is 23.9 Å². The first-order chi connectivity index (χ1) is 21.2. The Morgan fingerprint density at radius 1 is 0.818 bits per heavy atom. The van der Waals surface area contributed by atoms with E-state index in [1.54, 1.807) is 30.3 Å². The Balaban J connectivity index is 1.78. The third kappa shape index (κ3) is 7.78. The lowest BCUT2D eigenvalue weighted by molar-refractivity contribution is -0.139. The van der Waals surface area contributed by atoms with Gasteiger partial charge in [-0.25, -0.2) is 8.42 Å². The van der Waals surface area contributed by atoms with Crippen molar-refractivity contribution >= 4 is 43.5 Å². The Labute approximate surface area is 266 Å². The van der Waals surface area contributed by atoms with Gasteiger partial charge in [-0.15, -0.1) is 0 Å². The summed E-state index contributed by atoms with van der Waals surface area (Å²) >= 11 is 3.44. The fraction of sp³-hybridized carbons (Fsp3) is 0.212. The van der Waals surface area contributed by atoms with Crippen LogP contribution in [0.15, 0.2) is 112 Å². The van der Waals surface area contributed by atoms with Crippen molar-refractivity contribution in [2.75, 3.05) is 32.1 Å². The molecule has 0 spiro atoms. The second-order valence-corrected chi connectivity index (χ2v) is 12.6. The second kappa shape index (κ2) is 14.9. The lowest BCUT2D eigenvalue weighted by atomic mass is 10.0. The van der Waals surface area contributed by atoms with Crippen LogP contribution < -0.4 is 19.1 Å². The minimum Gasteiger partial charge on any atom is -0.493 e. The van der Waals surface area contributed by atoms with Crippen molar-refractivity contribution in [3.05, 3.63) is 119 Å². The SMILES string of the molecule is CNC(=O)[C@H](Cc1ccccc1)N(Cc1ccc(Br)cc1)C(=O)CN(c1ccccc1)S(=O)(=O)c1ccc(OC)c(OC)c1. The molecule has 0 aliphatic rings. The number of hydrogen-bond donors (Lipinski definition) is 1. The summed E-state index contributed by atoms with van der Waals surface area (Å²) in [5.41, 5.74) is 1.92. The monoisotopic (exact) mass is 679 g/mol. The zero-order valence-corrected chi connectivity index (χ0v) is 27.0. The van der Waals surface area contributed by atoms with Gasteiger partial charge in [0.15, 0.2) is 11.5 Å². The number of nitrogens with one attached hydrogen (secondary N) is 1. The molecule has 4 aromatic carbocycles. The average molecular weight is 681 g/mol. The first kappa shape index (κ1) is 32.6. The smallest absolute Gasteiger partial charge is 0.264 e. The van der Waals surface area contributed by atoms with Gasteiger partial charge in [-0.2, -0.15) is 0 Å². The van der Waals surface area contributed by atoms with E-state index in [9.17, 15) is 18.0 Å². The largest absolute Gasteiger partial charge is 0.493 e. The summed E-state index contributed by atoms with van der Waals surface area (Å²) in [6.07, 6.45) is 0.233. The van der Waals surface area contributed by atoms with Crippen LogP contribution in [0.25, 0.3) is 0 Å². The first-order valence-electron chi connectivity index (χ1n) is 13.8. The number of likely N-dealkylation sites (N-methyl/N-ethyl adjacent to an activating group) is 1. The number of halogens is 1. The summed E-state index contributed by atoms with van der Waals surface area (Å²) in [4.78, 5) is 29.0. The van der Waals surface area contributed by atoms with Gasteiger partial charge in [0.25, 0.3) is 10.0 Å². The van der Waals surface area contributed by atoms with Crippen LogP contribution in [0.5, 0.6) is 11.5 Å². The van der Waals surface area contributed by atoms with Crippen molar-refractivity contribution in [1.82, 2.24) is 10.2 Å². The average Bonchev–Trinajstić information content (AvgIpc) is 3.06. The maximum absolute atomic E-state index is 14.3. The molecule has 44 heavy (non-hydrogen) atoms. The van der Waals surface area contributed by atoms with Crippen molar-refractivity contribution in [2.24, 2.45) is 0 Å². The van der Waals surface area contributed by atoms with E-state index >= 15 is 0 Å². The second-order valence-electron chi connectivity index (χ2n) is 9.83. The Morgan fingerprint density at radius 3 is 2.02 bits per heavy atom. The van der Waals surface area contributed by atoms with Crippen LogP contribution in [-0.4, -0.2) is 59.0 Å². The molecular weight excluding hydrogens is 646 g/mol. The van der Waals surface area contributed by atoms with Crippen molar-refractivity contribution < 1.29 is 27.5 Å². The van der Waals surface area contributed by atoms with Crippen LogP contribution in [-0.2, 0) is 32.6 Å². The van der Waals surface area contributed by atoms with Crippen molar-refractivity contribution in [3.8, 4) is 11.5 Å². The zero-order chi connectivity index (χ0) is 31.7. The van der Waals surface area contributed by atoms with Crippen molar-refractivity contribution in [1.29, 1.82) is 0 Å². The fourth-order valence-corrected chi connectivity index (χ4v) is 6.43. The lowest BCUT2D eigenvalue weighted by Gasteiger charge is -2.33. The number of nitrogens with zero attached hydrogens (tertiary/aromatic N) is 2. The maximum atomic E-state index is 14.3. The molecule has 0 aliphatic carbocycles. The van der Waals surface area contributed by atoms with Crippen LogP contribution in [0.2, 0.25) is 0 Å². The third-order valence-electron chi connectivity index (χ3n) is 7.05. The molecule has 230 valence electrons. The van der Waals surface area contributed by atoms with E-state index in [4.69, 9.17) is 9.47 Å². The molecule has 4 rings (SSSR count). The highest BCUT2D eigenvalue weighted by Gasteiger charge is 2.34. The Bertz CT molecular complexity index is 1670. The molecule has 1 N–H and O–H groups in total. The van der Waals surface area contributed by atoms with E-state index in [1.165, 1.54) is 44.4 Å². The van der Waals surface area contributed by atoms with E-state index in [2.05, 4.69) is 21.2 Å². The molecule has 0 radical (unpaired) electrons. The molecule has 2 amide bonds. The van der Waals surface area contributed by atoms with Crippen LogP contribution in [0.3, 0.4) is 0 Å². The van der Waals surface area contributed by atoms with E-state index in [-0.39, 0.29) is 29.5 Å². The van der Waals surface area contributed by atoms with Gasteiger partial charge < -0.3 is 19.7 Å². The molecule has 0 aliphatic heterocycles. The highest BCUT2D eigenvalue weighted by molar-refractivity contribution is 9.10. The predicted molar refractivity (Wildman–Crippen MR) is 173 cm³/mol. The molecule has 1 atom stereocenters. The summed E-state index contributed by atoms with van der Waals surface area (Å²) in [5, 5.41) is 2.68. The predicted octanol–water partition coefficient (Wildman–Crippen LogP) is 5.05. The first-order valence-corrected chi connectivity index (χ1v) is 16.0. The van der Waals surface area contributed by atoms with Gasteiger partial charge in [0.05, 0.1) is 24.8 Å². The van der Waals surface area contributed by atoms with Gasteiger partial charge in [0.2, 0.25) is 11.8 Å². The number of carbonyl (C=O) groups is 2. The summed E-state index contributed by atoms with van der Waals surface area (Å²) in [6, 6.07) is 28.5. The molecule has 0 saturated carbocycles. The number of sulfonamides is 1. The fourth-order valence-electron chi connectivity index (χ4n) is 4.73. The van der Waals surface area contributed by atoms with Gasteiger partial charge in [0.1, 0.15) is 12.6 Å². The number of anilines is 1. The quantitative estimate of drug-likeness (QED) is 0.212. The number of benzene rings is 4. The van der Waals surface area contributed by atoms with Gasteiger partial charge >= 0.3 is 0 Å². The van der Waals surface area contributed by atoms with E-state index in [0.717, 1.165) is 19.9 Å². The number of ether oxygens (including phenoxy) is 2. The minimum absolute atomic E-state index is 0.0794. The van der Waals surface area contributed by atoms with E-state index in [1.807, 2.05) is 54.6 Å². The summed E-state index contributed by atoms with van der Waals surface area (Å²) in [6.45, 7) is -0.477. The van der Waals surface area contributed by atoms with Gasteiger partial charge in [-0.1, -0.05) is 76.6 Å². The molecule has 11 heteroatoms. The Kier molecular flexibility index (Phi) is 11.0. The van der Waals surface area contributed by atoms with Gasteiger partial charge in [-0.05, 0) is 47.5 Å². The highest BCUT2D eigenvalue weighted by atomic mass is 79.9. The molecule has 0 heterocycles. The third-order valence-corrected chi connectivity index (χ3v) is 9.35. The Hall–Kier alpha value is -4.35. The molecule has 0 unspecified atom stereocenters. The Morgan fingerprint density at radius 2 is 1.43 bits per heavy atom. The normalized spacial score (nSPS) is 11.7. The molecule has 0 fully saturated rings. The highest BCUT2D eigenvalue weighted by Crippen LogP contribution is 2.32. The lowest BCUT2D eigenvalue weighted by Crippen LogP contribution is -2.53. The topological polar surface area (TPSA) is 105 Å². The van der Waals surface area contributed by atoms with E-state index < -0.39 is 28.5 Å². The standard InChI is InChI=1S/C33H34BrN3O6S/c1-35-33(39)29(20-24-10-6-4-7-11-24)36(22-25-14-16-26(34)17-15-25)32(38)23-37(27-12-8-5-9-13-27)44(40,41)28-18-19-30(42-2)31(21-28)43-3/h4-19,21,29H,20,22-23H2,1-3H3,(H,35,39)/t29-/m0/s1. The maximum Gasteiger partial charge on any atom is 0.264 e. The summed E-state index contributed by atoms with van der Waals surface area (Å²) in [7, 11) is 0.101. The van der Waals surface area contributed by atoms with Crippen LogP contribution in [0.4, 0.5) is 5.69 Å². The van der Waals surface area contributed by atoms with Gasteiger partial charge in [0, 0.05) is 30.6 Å². The molecule has 9 nitrogen and oxygen atoms in total. The van der Waals surface area contributed by atoms with Crippen LogP contribution in [0.1, 0.15) is 11.1 Å². The zero-order valence-electron chi connectivity index (χ0n) is 24.6. The molecule has 0 aromatic heterocycles.